The quantitative estimate of drug-likeness (QED) is 0.436. The summed E-state index contributed by atoms with van der Waals surface area (Å²) in [6.45, 7) is 2.33. The predicted octanol–water partition coefficient (Wildman–Crippen LogP) is 5.36. The highest BCUT2D eigenvalue weighted by molar-refractivity contribution is 8.13. The van der Waals surface area contributed by atoms with Gasteiger partial charge in [0.2, 0.25) is 0 Å². The van der Waals surface area contributed by atoms with Crippen LogP contribution in [0.4, 0.5) is 0 Å². The lowest BCUT2D eigenvalue weighted by Crippen LogP contribution is -2.30. The second-order valence-corrected chi connectivity index (χ2v) is 7.39. The lowest BCUT2D eigenvalue weighted by Gasteiger charge is -2.25. The summed E-state index contributed by atoms with van der Waals surface area (Å²) in [6.07, 6.45) is 3.04. The summed E-state index contributed by atoms with van der Waals surface area (Å²) >= 11 is 1.68. The number of phenols is 1. The number of thioether (sulfide) groups is 1. The first-order chi connectivity index (χ1) is 13.7. The van der Waals surface area contributed by atoms with E-state index >= 15 is 0 Å². The Hall–Kier alpha value is -2.72. The van der Waals surface area contributed by atoms with E-state index < -0.39 is 0 Å². The zero-order chi connectivity index (χ0) is 19.6. The van der Waals surface area contributed by atoms with Gasteiger partial charge in [0.15, 0.2) is 5.17 Å². The Morgan fingerprint density at radius 2 is 1.43 bits per heavy atom. The van der Waals surface area contributed by atoms with Crippen LogP contribution in [0, 0.1) is 0 Å². The van der Waals surface area contributed by atoms with E-state index in [4.69, 9.17) is 4.99 Å². The monoisotopic (exact) mass is 390 g/mol. The predicted molar refractivity (Wildman–Crippen MR) is 120 cm³/mol. The van der Waals surface area contributed by atoms with E-state index in [1.165, 1.54) is 11.1 Å². The summed E-state index contributed by atoms with van der Waals surface area (Å²) < 4.78 is 0. The third-order valence-corrected chi connectivity index (χ3v) is 5.27. The molecule has 0 amide bonds. The van der Waals surface area contributed by atoms with Gasteiger partial charge in [0.1, 0.15) is 5.75 Å². The Labute approximate surface area is 171 Å². The lowest BCUT2D eigenvalue weighted by molar-refractivity contribution is 0.422. The van der Waals surface area contributed by atoms with Crippen LogP contribution in [0.25, 0.3) is 0 Å². The molecule has 3 aromatic carbocycles. The first-order valence-electron chi connectivity index (χ1n) is 9.44. The SMILES string of the molecule is CSC(=NCc1ccccc1)N(CCc1ccccc1)Cc1ccc(O)cc1. The number of rotatable bonds is 7. The van der Waals surface area contributed by atoms with Crippen molar-refractivity contribution in [3.8, 4) is 5.75 Å². The van der Waals surface area contributed by atoms with Gasteiger partial charge < -0.3 is 10.0 Å². The van der Waals surface area contributed by atoms with Gasteiger partial charge in [-0.3, -0.25) is 4.99 Å². The van der Waals surface area contributed by atoms with Crippen molar-refractivity contribution in [2.75, 3.05) is 12.8 Å². The molecule has 3 rings (SSSR count). The molecule has 0 aliphatic rings. The van der Waals surface area contributed by atoms with Crippen LogP contribution in [0.15, 0.2) is 89.9 Å². The molecule has 0 atom stereocenters. The molecule has 0 fully saturated rings. The van der Waals surface area contributed by atoms with Crippen molar-refractivity contribution >= 4 is 16.9 Å². The fourth-order valence-electron chi connectivity index (χ4n) is 3.01. The average Bonchev–Trinajstić information content (AvgIpc) is 2.75. The first kappa shape index (κ1) is 20.0. The smallest absolute Gasteiger partial charge is 0.159 e. The maximum atomic E-state index is 9.57. The zero-order valence-corrected chi connectivity index (χ0v) is 17.0. The fraction of sp³-hybridized carbons (Fsp3) is 0.208. The highest BCUT2D eigenvalue weighted by atomic mass is 32.2. The van der Waals surface area contributed by atoms with E-state index in [0.717, 1.165) is 30.2 Å². The van der Waals surface area contributed by atoms with Gasteiger partial charge in [0.25, 0.3) is 0 Å². The van der Waals surface area contributed by atoms with Crippen LogP contribution in [0.5, 0.6) is 5.75 Å². The summed E-state index contributed by atoms with van der Waals surface area (Å²) in [6, 6.07) is 28.3. The molecule has 3 aromatic rings. The Bertz CT molecular complexity index is 864. The van der Waals surface area contributed by atoms with Gasteiger partial charge in [-0.1, -0.05) is 84.6 Å². The van der Waals surface area contributed by atoms with E-state index in [9.17, 15) is 5.11 Å². The second-order valence-electron chi connectivity index (χ2n) is 6.61. The van der Waals surface area contributed by atoms with Crippen molar-refractivity contribution in [1.29, 1.82) is 0 Å². The van der Waals surface area contributed by atoms with Gasteiger partial charge in [-0.25, -0.2) is 0 Å². The summed E-state index contributed by atoms with van der Waals surface area (Å²) in [5.74, 6) is 0.294. The molecule has 0 aliphatic carbocycles. The number of hydrogen-bond donors (Lipinski definition) is 1. The number of nitrogens with zero attached hydrogens (tertiary/aromatic N) is 2. The summed E-state index contributed by atoms with van der Waals surface area (Å²) in [5, 5.41) is 10.6. The van der Waals surface area contributed by atoms with Crippen molar-refractivity contribution in [2.24, 2.45) is 4.99 Å². The number of amidine groups is 1. The molecule has 0 unspecified atom stereocenters. The van der Waals surface area contributed by atoms with Crippen molar-refractivity contribution in [2.45, 2.75) is 19.5 Å². The number of aliphatic imine (C=N–C) groups is 1. The largest absolute Gasteiger partial charge is 0.508 e. The van der Waals surface area contributed by atoms with Gasteiger partial charge in [-0.2, -0.15) is 0 Å². The minimum atomic E-state index is 0.294. The van der Waals surface area contributed by atoms with E-state index in [0.29, 0.717) is 12.3 Å². The van der Waals surface area contributed by atoms with E-state index in [-0.39, 0.29) is 0 Å². The van der Waals surface area contributed by atoms with Crippen LogP contribution in [-0.2, 0) is 19.5 Å². The fourth-order valence-corrected chi connectivity index (χ4v) is 3.62. The summed E-state index contributed by atoms with van der Waals surface area (Å²) in [4.78, 5) is 7.22. The van der Waals surface area contributed by atoms with Crippen LogP contribution < -0.4 is 0 Å². The molecule has 144 valence electrons. The van der Waals surface area contributed by atoms with Crippen LogP contribution in [0.2, 0.25) is 0 Å². The summed E-state index contributed by atoms with van der Waals surface area (Å²) in [5.41, 5.74) is 3.69. The van der Waals surface area contributed by atoms with Gasteiger partial charge in [-0.05, 0) is 41.5 Å². The molecular formula is C24H26N2OS. The Morgan fingerprint density at radius 3 is 2.04 bits per heavy atom. The van der Waals surface area contributed by atoms with E-state index in [2.05, 4.69) is 47.6 Å². The molecule has 1 N–H and O–H groups in total. The zero-order valence-electron chi connectivity index (χ0n) is 16.2. The molecule has 0 bridgehead atoms. The van der Waals surface area contributed by atoms with Crippen molar-refractivity contribution < 1.29 is 5.11 Å². The molecule has 0 spiro atoms. The molecule has 0 aromatic heterocycles. The molecule has 0 aliphatic heterocycles. The van der Waals surface area contributed by atoms with Gasteiger partial charge in [0.05, 0.1) is 6.54 Å². The Kier molecular flexibility index (Phi) is 7.56. The first-order valence-corrected chi connectivity index (χ1v) is 10.7. The van der Waals surface area contributed by atoms with Crippen LogP contribution in [-0.4, -0.2) is 28.0 Å². The highest BCUT2D eigenvalue weighted by Gasteiger charge is 2.12. The van der Waals surface area contributed by atoms with Crippen LogP contribution in [0.1, 0.15) is 16.7 Å². The molecule has 0 radical (unpaired) electrons. The molecule has 0 saturated carbocycles. The molecule has 0 heterocycles. The van der Waals surface area contributed by atoms with Gasteiger partial charge in [0, 0.05) is 13.1 Å². The number of hydrogen-bond acceptors (Lipinski definition) is 3. The summed E-state index contributed by atoms with van der Waals surface area (Å²) in [7, 11) is 0. The number of aromatic hydroxyl groups is 1. The van der Waals surface area contributed by atoms with Crippen LogP contribution in [0.3, 0.4) is 0 Å². The van der Waals surface area contributed by atoms with Crippen molar-refractivity contribution in [3.05, 3.63) is 102 Å². The normalized spacial score (nSPS) is 11.4. The molecule has 28 heavy (non-hydrogen) atoms. The van der Waals surface area contributed by atoms with Gasteiger partial charge in [-0.15, -0.1) is 0 Å². The minimum Gasteiger partial charge on any atom is -0.508 e. The van der Waals surface area contributed by atoms with Crippen molar-refractivity contribution in [3.63, 3.8) is 0 Å². The number of benzene rings is 3. The van der Waals surface area contributed by atoms with Gasteiger partial charge >= 0.3 is 0 Å². The lowest BCUT2D eigenvalue weighted by atomic mass is 10.1. The average molecular weight is 391 g/mol. The Morgan fingerprint density at radius 1 is 0.821 bits per heavy atom. The molecular weight excluding hydrogens is 364 g/mol. The van der Waals surface area contributed by atoms with Crippen LogP contribution >= 0.6 is 11.8 Å². The van der Waals surface area contributed by atoms with E-state index in [1.54, 1.807) is 23.9 Å². The topological polar surface area (TPSA) is 35.8 Å². The minimum absolute atomic E-state index is 0.294. The molecule has 3 nitrogen and oxygen atoms in total. The highest BCUT2D eigenvalue weighted by Crippen LogP contribution is 2.16. The Balaban J connectivity index is 1.76. The maximum Gasteiger partial charge on any atom is 0.159 e. The van der Waals surface area contributed by atoms with E-state index in [1.807, 2.05) is 36.4 Å². The maximum absolute atomic E-state index is 9.57. The van der Waals surface area contributed by atoms with Crippen molar-refractivity contribution in [1.82, 2.24) is 4.90 Å². The molecule has 4 heteroatoms. The second kappa shape index (κ2) is 10.6. The number of phenolic OH excluding ortho intramolecular Hbond substituents is 1. The standard InChI is InChI=1S/C24H26N2OS/c1-28-24(25-18-21-10-6-3-7-11-21)26(17-16-20-8-4-2-5-9-20)19-22-12-14-23(27)15-13-22/h2-15,27H,16-19H2,1H3. The third-order valence-electron chi connectivity index (χ3n) is 4.52. The third kappa shape index (κ3) is 6.17. The molecule has 0 saturated heterocycles.